The molecule has 1 atom stereocenters. The first-order chi connectivity index (χ1) is 15.4. The van der Waals surface area contributed by atoms with E-state index in [0.717, 1.165) is 0 Å². The zero-order valence-corrected chi connectivity index (χ0v) is 19.1. The fraction of sp³-hybridized carbons (Fsp3) is 0.917. The molecule has 2 aliphatic rings. The second-order valence-electron chi connectivity index (χ2n) is 7.06. The highest BCUT2D eigenvalue weighted by Gasteiger charge is 2.83. The zero-order chi connectivity index (χ0) is 27.5. The smallest absolute Gasteiger partial charge is 0.464 e. The number of halogens is 9. The van der Waals surface area contributed by atoms with Crippen molar-refractivity contribution < 1.29 is 74.3 Å². The molecule has 2 heterocycles. The van der Waals surface area contributed by atoms with Crippen LogP contribution in [0.4, 0.5) is 39.5 Å². The van der Waals surface area contributed by atoms with Crippen LogP contribution < -0.4 is 4.13 Å². The Morgan fingerprint density at radius 2 is 1.26 bits per heavy atom. The first kappa shape index (κ1) is 29.8. The minimum absolute atomic E-state index is 0.0199. The number of sulfonamides is 3. The molecule has 1 N–H and O–H groups in total. The minimum atomic E-state index is -7.82. The van der Waals surface area contributed by atoms with Gasteiger partial charge in [-0.1, -0.05) is 4.13 Å². The summed E-state index contributed by atoms with van der Waals surface area (Å²) in [6.07, 6.45) is 0.123. The van der Waals surface area contributed by atoms with Crippen molar-refractivity contribution in [2.75, 3.05) is 32.8 Å². The SMILES string of the molecule is O=C1OCCC1N1CCN(S(=O)(=O)C(F)(F)C(F)(F)C(F)(F)S(=O)(=O)NS(=O)(=O)C(F)(F)F)CC1. The number of carbonyl (C=O) groups excluding carboxylic acids is 1. The molecule has 23 heteroatoms. The van der Waals surface area contributed by atoms with Crippen molar-refractivity contribution in [2.45, 2.75) is 34.4 Å². The van der Waals surface area contributed by atoms with Crippen LogP contribution in [0.25, 0.3) is 0 Å². The number of ether oxygens (including phenoxy) is 1. The summed E-state index contributed by atoms with van der Waals surface area (Å²) in [5.74, 6) is -8.22. The van der Waals surface area contributed by atoms with Crippen molar-refractivity contribution >= 4 is 36.0 Å². The highest BCUT2D eigenvalue weighted by atomic mass is 32.3. The van der Waals surface area contributed by atoms with Crippen LogP contribution in [0.1, 0.15) is 6.42 Å². The number of rotatable bonds is 8. The molecule has 0 aromatic rings. The molecule has 0 bridgehead atoms. The predicted octanol–water partition coefficient (Wildman–Crippen LogP) is -0.161. The van der Waals surface area contributed by atoms with Crippen LogP contribution in [0.5, 0.6) is 0 Å². The Kier molecular flexibility index (Phi) is 7.53. The Hall–Kier alpha value is -1.43. The third kappa shape index (κ3) is 4.81. The van der Waals surface area contributed by atoms with Gasteiger partial charge in [0.2, 0.25) is 0 Å². The van der Waals surface area contributed by atoms with Gasteiger partial charge in [-0.3, -0.25) is 9.69 Å². The highest BCUT2D eigenvalue weighted by Crippen LogP contribution is 2.51. The fourth-order valence-corrected chi connectivity index (χ4v) is 6.88. The van der Waals surface area contributed by atoms with E-state index in [-0.39, 0.29) is 13.0 Å². The zero-order valence-electron chi connectivity index (χ0n) is 16.6. The number of nitrogens with zero attached hydrogens (tertiary/aromatic N) is 2. The molecule has 0 saturated carbocycles. The lowest BCUT2D eigenvalue weighted by Crippen LogP contribution is -2.66. The number of hydrogen-bond donors (Lipinski definition) is 1. The van der Waals surface area contributed by atoms with Gasteiger partial charge in [0.05, 0.1) is 6.61 Å². The lowest BCUT2D eigenvalue weighted by molar-refractivity contribution is -0.245. The molecule has 206 valence electrons. The number of nitrogens with one attached hydrogen (secondary N) is 1. The molecular weight excluding hydrogens is 581 g/mol. The monoisotopic (exact) mass is 595 g/mol. The van der Waals surface area contributed by atoms with Crippen molar-refractivity contribution in [1.29, 1.82) is 0 Å². The average Bonchev–Trinajstić information content (AvgIpc) is 3.11. The van der Waals surface area contributed by atoms with Gasteiger partial charge in [-0.2, -0.15) is 43.8 Å². The first-order valence-electron chi connectivity index (χ1n) is 8.82. The molecule has 2 saturated heterocycles. The van der Waals surface area contributed by atoms with E-state index in [1.54, 1.807) is 0 Å². The van der Waals surface area contributed by atoms with Gasteiger partial charge >= 0.3 is 37.9 Å². The summed E-state index contributed by atoms with van der Waals surface area (Å²) in [6, 6.07) is -0.919. The van der Waals surface area contributed by atoms with Gasteiger partial charge in [0, 0.05) is 32.6 Å². The van der Waals surface area contributed by atoms with E-state index in [4.69, 9.17) is 0 Å². The van der Waals surface area contributed by atoms with Gasteiger partial charge in [0.1, 0.15) is 6.04 Å². The fourth-order valence-electron chi connectivity index (χ4n) is 2.98. The Bertz CT molecular complexity index is 1160. The molecule has 0 aromatic heterocycles. The predicted molar refractivity (Wildman–Crippen MR) is 93.3 cm³/mol. The molecule has 11 nitrogen and oxygen atoms in total. The van der Waals surface area contributed by atoms with Gasteiger partial charge in [-0.05, 0) is 0 Å². The number of piperazine rings is 1. The topological polar surface area (TPSA) is 147 Å². The Balaban J connectivity index is 2.34. The quantitative estimate of drug-likeness (QED) is 0.299. The summed E-state index contributed by atoms with van der Waals surface area (Å²) in [5.41, 5.74) is -6.65. The van der Waals surface area contributed by atoms with E-state index < -0.39 is 98.6 Å². The largest absolute Gasteiger partial charge is 0.512 e. The highest BCUT2D eigenvalue weighted by molar-refractivity contribution is 8.05. The Labute approximate surface area is 191 Å². The second kappa shape index (κ2) is 8.85. The number of cyclic esters (lactones) is 1. The minimum Gasteiger partial charge on any atom is -0.464 e. The van der Waals surface area contributed by atoms with E-state index in [1.165, 1.54) is 4.90 Å². The summed E-state index contributed by atoms with van der Waals surface area (Å²) < 4.78 is 193. The van der Waals surface area contributed by atoms with Gasteiger partial charge in [0.25, 0.3) is 20.0 Å². The van der Waals surface area contributed by atoms with E-state index in [9.17, 15) is 69.6 Å². The molecule has 2 rings (SSSR count). The van der Waals surface area contributed by atoms with Crippen LogP contribution in [0.3, 0.4) is 0 Å². The lowest BCUT2D eigenvalue weighted by atomic mass is 10.2. The Morgan fingerprint density at radius 3 is 1.66 bits per heavy atom. The first-order valence-corrected chi connectivity index (χ1v) is 13.2. The number of alkyl halides is 9. The van der Waals surface area contributed by atoms with Crippen LogP contribution in [-0.2, 0) is 39.6 Å². The van der Waals surface area contributed by atoms with Gasteiger partial charge in [-0.25, -0.2) is 25.3 Å². The molecule has 2 fully saturated rings. The third-order valence-electron chi connectivity index (χ3n) is 4.88. The van der Waals surface area contributed by atoms with E-state index >= 15 is 0 Å². The van der Waals surface area contributed by atoms with Crippen LogP contribution in [0.15, 0.2) is 0 Å². The summed E-state index contributed by atoms with van der Waals surface area (Å²) in [4.78, 5) is 12.8. The Morgan fingerprint density at radius 1 is 0.771 bits per heavy atom. The molecule has 0 spiro atoms. The van der Waals surface area contributed by atoms with Crippen LogP contribution >= 0.6 is 0 Å². The molecule has 35 heavy (non-hydrogen) atoms. The molecule has 0 aliphatic carbocycles. The van der Waals surface area contributed by atoms with Gasteiger partial charge < -0.3 is 4.74 Å². The summed E-state index contributed by atoms with van der Waals surface area (Å²) >= 11 is 0. The number of carbonyl (C=O) groups is 1. The van der Waals surface area contributed by atoms with Gasteiger partial charge in [-0.15, -0.1) is 0 Å². The molecule has 0 radical (unpaired) electrons. The van der Waals surface area contributed by atoms with E-state index in [2.05, 4.69) is 4.74 Å². The maximum atomic E-state index is 14.3. The standard InChI is InChI=1S/C12H14F9N3O8S3/c13-9(14,10(15,16)33(26,27)22-34(28,29)12(19,20)21)11(17,18)35(30,31)24-4-2-23(3-5-24)7-1-6-32-8(7)25/h7,22H,1-6H2. The van der Waals surface area contributed by atoms with Crippen molar-refractivity contribution in [1.82, 2.24) is 13.3 Å². The van der Waals surface area contributed by atoms with Crippen molar-refractivity contribution in [3.63, 3.8) is 0 Å². The second-order valence-corrected chi connectivity index (χ2v) is 12.7. The maximum absolute atomic E-state index is 14.3. The number of esters is 1. The van der Waals surface area contributed by atoms with Crippen molar-refractivity contribution in [3.05, 3.63) is 0 Å². The molecule has 0 aromatic carbocycles. The lowest BCUT2D eigenvalue weighted by Gasteiger charge is -2.39. The third-order valence-corrected chi connectivity index (χ3v) is 10.1. The summed E-state index contributed by atoms with van der Waals surface area (Å²) in [7, 11) is -22.0. The maximum Gasteiger partial charge on any atom is 0.512 e. The van der Waals surface area contributed by atoms with Crippen molar-refractivity contribution in [2.24, 2.45) is 0 Å². The van der Waals surface area contributed by atoms with Gasteiger partial charge in [0.15, 0.2) is 0 Å². The summed E-state index contributed by atoms with van der Waals surface area (Å²) in [5, 5.41) is -14.3. The van der Waals surface area contributed by atoms with Crippen molar-refractivity contribution in [3.8, 4) is 0 Å². The molecular formula is C12H14F9N3O8S3. The molecule has 2 aliphatic heterocycles. The average molecular weight is 595 g/mol. The van der Waals surface area contributed by atoms with E-state index in [1.807, 2.05) is 0 Å². The molecule has 0 amide bonds. The van der Waals surface area contributed by atoms with Crippen LogP contribution in [0, 0.1) is 0 Å². The number of hydrogen-bond acceptors (Lipinski definition) is 9. The summed E-state index contributed by atoms with van der Waals surface area (Å²) in [6.45, 7) is -3.22. The van der Waals surface area contributed by atoms with E-state index in [0.29, 0.717) is 0 Å². The van der Waals surface area contributed by atoms with Crippen LogP contribution in [0.2, 0.25) is 0 Å². The molecule has 1 unspecified atom stereocenters. The normalized spacial score (nSPS) is 22.9. The van der Waals surface area contributed by atoms with Crippen LogP contribution in [-0.4, -0.2) is 101 Å².